The number of carbonyl (C=O) groups is 1. The van der Waals surface area contributed by atoms with E-state index in [2.05, 4.69) is 9.98 Å². The van der Waals surface area contributed by atoms with Gasteiger partial charge in [0.15, 0.2) is 5.84 Å². The molecule has 0 aliphatic rings. The molecule has 2 aromatic carbocycles. The maximum Gasteiger partial charge on any atom is 0.279 e. The van der Waals surface area contributed by atoms with Crippen LogP contribution in [0.15, 0.2) is 41.5 Å². The van der Waals surface area contributed by atoms with Gasteiger partial charge in [0, 0.05) is 29.3 Å². The molecule has 0 aliphatic carbocycles. The molecule has 2 N–H and O–H groups in total. The second kappa shape index (κ2) is 6.88. The van der Waals surface area contributed by atoms with Crippen LogP contribution in [0.5, 0.6) is 0 Å². The second-order valence-electron chi connectivity index (χ2n) is 5.40. The molecule has 4 nitrogen and oxygen atoms in total. The smallest absolute Gasteiger partial charge is 0.279 e. The molecule has 0 bridgehead atoms. The molecule has 0 fully saturated rings. The quantitative estimate of drug-likeness (QED) is 0.324. The number of hydrogen-bond donors (Lipinski definition) is 1. The van der Waals surface area contributed by atoms with Crippen LogP contribution in [0.25, 0.3) is 22.0 Å². The number of amidine groups is 1. The van der Waals surface area contributed by atoms with Gasteiger partial charge in [-0.1, -0.05) is 0 Å². The van der Waals surface area contributed by atoms with Gasteiger partial charge in [-0.25, -0.2) is 17.6 Å². The van der Waals surface area contributed by atoms with Crippen LogP contribution in [0, 0.1) is 35.6 Å². The van der Waals surface area contributed by atoms with Crippen LogP contribution in [-0.2, 0) is 0 Å². The van der Waals surface area contributed by atoms with E-state index in [9.17, 15) is 22.4 Å². The highest BCUT2D eigenvalue weighted by Gasteiger charge is 2.19. The number of amides is 1. The number of rotatable bonds is 2. The van der Waals surface area contributed by atoms with E-state index in [1.165, 1.54) is 6.07 Å². The molecule has 27 heavy (non-hydrogen) atoms. The van der Waals surface area contributed by atoms with Crippen LogP contribution >= 0.6 is 0 Å². The Morgan fingerprint density at radius 3 is 2.37 bits per heavy atom. The Balaban J connectivity index is 2.31. The summed E-state index contributed by atoms with van der Waals surface area (Å²) < 4.78 is 56.0. The summed E-state index contributed by atoms with van der Waals surface area (Å²) in [5.74, 6) is -3.82. The van der Waals surface area contributed by atoms with Crippen molar-refractivity contribution in [2.45, 2.75) is 0 Å². The molecule has 3 rings (SSSR count). The van der Waals surface area contributed by atoms with Crippen molar-refractivity contribution in [3.63, 3.8) is 0 Å². The predicted octanol–water partition coefficient (Wildman–Crippen LogP) is 3.59. The summed E-state index contributed by atoms with van der Waals surface area (Å²) in [5, 5.41) is -0.0697. The van der Waals surface area contributed by atoms with Crippen molar-refractivity contribution in [2.24, 2.45) is 10.7 Å². The number of fused-ring (bicyclic) bond motifs is 1. The number of nitrogens with zero attached hydrogens (tertiary/aromatic N) is 2. The lowest BCUT2D eigenvalue weighted by Gasteiger charge is -2.10. The molecular weight excluding hydrogens is 362 g/mol. The number of nitrogens with two attached hydrogens (primary N) is 1. The van der Waals surface area contributed by atoms with E-state index in [1.807, 2.05) is 5.92 Å². The molecule has 0 saturated heterocycles. The summed E-state index contributed by atoms with van der Waals surface area (Å²) in [6, 6.07) is 4.21. The van der Waals surface area contributed by atoms with Crippen molar-refractivity contribution >= 4 is 22.6 Å². The standard InChI is InChI=1S/C19H9F4N3O/c1-2-16(24)26-19(27)9-5-12-11(3-4-25-18(12)15(23)6-9)17-13(21)7-10(20)8-14(17)22/h1,3-8H,(H2,24,26,27). The summed E-state index contributed by atoms with van der Waals surface area (Å²) in [4.78, 5) is 19.3. The van der Waals surface area contributed by atoms with E-state index in [4.69, 9.17) is 12.2 Å². The van der Waals surface area contributed by atoms with Gasteiger partial charge in [-0.05, 0) is 29.7 Å². The highest BCUT2D eigenvalue weighted by atomic mass is 19.1. The predicted molar refractivity (Wildman–Crippen MR) is 91.8 cm³/mol. The summed E-state index contributed by atoms with van der Waals surface area (Å²) in [5.41, 5.74) is 4.10. The first kappa shape index (κ1) is 18.1. The third-order valence-corrected chi connectivity index (χ3v) is 3.69. The number of halogens is 4. The lowest BCUT2D eigenvalue weighted by Crippen LogP contribution is -2.11. The molecule has 3 aromatic rings. The summed E-state index contributed by atoms with van der Waals surface area (Å²) in [7, 11) is 0. The number of benzene rings is 2. The van der Waals surface area contributed by atoms with Crippen LogP contribution in [0.1, 0.15) is 10.4 Å². The molecule has 0 unspecified atom stereocenters. The van der Waals surface area contributed by atoms with Crippen molar-refractivity contribution in [1.82, 2.24) is 4.98 Å². The fourth-order valence-corrected chi connectivity index (χ4v) is 2.56. The largest absolute Gasteiger partial charge is 0.376 e. The van der Waals surface area contributed by atoms with Crippen molar-refractivity contribution in [2.75, 3.05) is 0 Å². The fourth-order valence-electron chi connectivity index (χ4n) is 2.56. The van der Waals surface area contributed by atoms with Crippen LogP contribution in [0.2, 0.25) is 0 Å². The number of aliphatic imine (C=N–C) groups is 1. The molecule has 0 spiro atoms. The topological polar surface area (TPSA) is 68.3 Å². The lowest BCUT2D eigenvalue weighted by atomic mass is 9.98. The normalized spacial score (nSPS) is 11.4. The molecule has 0 atom stereocenters. The highest BCUT2D eigenvalue weighted by molar-refractivity contribution is 6.10. The molecule has 0 saturated carbocycles. The average Bonchev–Trinajstić information content (AvgIpc) is 2.61. The zero-order valence-electron chi connectivity index (χ0n) is 13.4. The molecule has 0 aliphatic heterocycles. The Kier molecular flexibility index (Phi) is 4.60. The Morgan fingerprint density at radius 1 is 1.07 bits per heavy atom. The zero-order chi connectivity index (χ0) is 19.7. The van der Waals surface area contributed by atoms with Gasteiger partial charge < -0.3 is 5.73 Å². The number of carbonyl (C=O) groups excluding carboxylic acids is 1. The Bertz CT molecular complexity index is 1140. The Labute approximate surface area is 150 Å². The minimum atomic E-state index is -1.19. The molecule has 1 heterocycles. The van der Waals surface area contributed by atoms with E-state index in [1.54, 1.807) is 0 Å². The van der Waals surface area contributed by atoms with E-state index >= 15 is 0 Å². The second-order valence-corrected chi connectivity index (χ2v) is 5.40. The number of terminal acetylenes is 1. The Hall–Kier alpha value is -3.73. The maximum absolute atomic E-state index is 14.4. The van der Waals surface area contributed by atoms with Crippen molar-refractivity contribution < 1.29 is 22.4 Å². The van der Waals surface area contributed by atoms with Gasteiger partial charge in [0.25, 0.3) is 5.91 Å². The number of aromatic nitrogens is 1. The van der Waals surface area contributed by atoms with Gasteiger partial charge in [-0.3, -0.25) is 9.78 Å². The van der Waals surface area contributed by atoms with E-state index in [0.717, 1.165) is 18.3 Å². The lowest BCUT2D eigenvalue weighted by molar-refractivity contribution is 0.100. The van der Waals surface area contributed by atoms with Gasteiger partial charge in [0.2, 0.25) is 0 Å². The number of pyridine rings is 1. The van der Waals surface area contributed by atoms with Crippen LogP contribution in [0.4, 0.5) is 17.6 Å². The minimum absolute atomic E-state index is 0.0697. The number of hydrogen-bond acceptors (Lipinski definition) is 2. The van der Waals surface area contributed by atoms with Crippen molar-refractivity contribution in [3.8, 4) is 23.5 Å². The monoisotopic (exact) mass is 371 g/mol. The van der Waals surface area contributed by atoms with E-state index < -0.39 is 40.6 Å². The van der Waals surface area contributed by atoms with Crippen LogP contribution in [-0.4, -0.2) is 16.7 Å². The Morgan fingerprint density at radius 2 is 1.74 bits per heavy atom. The summed E-state index contributed by atoms with van der Waals surface area (Å²) in [6.45, 7) is 0. The summed E-state index contributed by atoms with van der Waals surface area (Å²) in [6.07, 6.45) is 6.15. The van der Waals surface area contributed by atoms with Gasteiger partial charge in [0.1, 0.15) is 28.8 Å². The van der Waals surface area contributed by atoms with Crippen LogP contribution in [0.3, 0.4) is 0 Å². The molecular formula is C19H9F4N3O. The molecule has 8 heteroatoms. The average molecular weight is 371 g/mol. The highest BCUT2D eigenvalue weighted by Crippen LogP contribution is 2.33. The molecule has 134 valence electrons. The third-order valence-electron chi connectivity index (χ3n) is 3.69. The molecule has 0 radical (unpaired) electrons. The third kappa shape index (κ3) is 3.35. The first-order valence-corrected chi connectivity index (χ1v) is 7.40. The zero-order valence-corrected chi connectivity index (χ0v) is 13.4. The maximum atomic E-state index is 14.4. The first-order valence-electron chi connectivity index (χ1n) is 7.40. The van der Waals surface area contributed by atoms with Gasteiger partial charge >= 0.3 is 0 Å². The van der Waals surface area contributed by atoms with Gasteiger partial charge in [-0.2, -0.15) is 4.99 Å². The van der Waals surface area contributed by atoms with Gasteiger partial charge in [-0.15, -0.1) is 6.42 Å². The van der Waals surface area contributed by atoms with Gasteiger partial charge in [0.05, 0.1) is 5.56 Å². The fraction of sp³-hybridized carbons (Fsp3) is 0. The molecule has 1 aromatic heterocycles. The summed E-state index contributed by atoms with van der Waals surface area (Å²) >= 11 is 0. The van der Waals surface area contributed by atoms with Crippen molar-refractivity contribution in [3.05, 3.63) is 65.4 Å². The van der Waals surface area contributed by atoms with E-state index in [0.29, 0.717) is 12.1 Å². The van der Waals surface area contributed by atoms with Crippen molar-refractivity contribution in [1.29, 1.82) is 0 Å². The van der Waals surface area contributed by atoms with Crippen LogP contribution < -0.4 is 5.73 Å². The minimum Gasteiger partial charge on any atom is -0.376 e. The first-order chi connectivity index (χ1) is 12.8. The SMILES string of the molecule is C#C/C(N)=N\C(=O)c1cc(F)c2nccc(-c3c(F)cc(F)cc3F)c2c1. The molecule has 1 amide bonds. The van der Waals surface area contributed by atoms with E-state index in [-0.39, 0.29) is 22.0 Å².